The summed E-state index contributed by atoms with van der Waals surface area (Å²) >= 11 is 0. The van der Waals surface area contributed by atoms with Crippen molar-refractivity contribution < 1.29 is 22.4 Å². The van der Waals surface area contributed by atoms with E-state index in [0.29, 0.717) is 37.7 Å². The first-order valence-electron chi connectivity index (χ1n) is 7.11. The van der Waals surface area contributed by atoms with Crippen molar-refractivity contribution in [3.8, 4) is 0 Å². The average Bonchev–Trinajstić information content (AvgIpc) is 2.46. The van der Waals surface area contributed by atoms with Crippen molar-refractivity contribution in [2.45, 2.75) is 32.0 Å². The number of likely N-dealkylation sites (tertiary alicyclic amines) is 1. The molecule has 0 saturated carbocycles. The molecular weight excluding hydrogens is 300 g/mol. The highest BCUT2D eigenvalue weighted by atomic mass is 19.4. The molecule has 1 aliphatic rings. The molecular formula is C15H18F4N2O. The lowest BCUT2D eigenvalue weighted by atomic mass is 9.91. The summed E-state index contributed by atoms with van der Waals surface area (Å²) in [7, 11) is 0. The number of amides is 1. The summed E-state index contributed by atoms with van der Waals surface area (Å²) in [6, 6.07) is 1.77. The van der Waals surface area contributed by atoms with Gasteiger partial charge in [0.25, 0.3) is 5.91 Å². The molecule has 0 radical (unpaired) electrons. The van der Waals surface area contributed by atoms with E-state index >= 15 is 0 Å². The quantitative estimate of drug-likeness (QED) is 0.852. The number of benzene rings is 1. The maximum absolute atomic E-state index is 13.8. The molecule has 1 fully saturated rings. The summed E-state index contributed by atoms with van der Waals surface area (Å²) in [6.45, 7) is 2.56. The van der Waals surface area contributed by atoms with E-state index < -0.39 is 29.0 Å². The van der Waals surface area contributed by atoms with Crippen LogP contribution in [0.15, 0.2) is 18.2 Å². The predicted molar refractivity (Wildman–Crippen MR) is 73.7 cm³/mol. The van der Waals surface area contributed by atoms with Crippen LogP contribution in [0.1, 0.15) is 35.7 Å². The first-order chi connectivity index (χ1) is 10.2. The fourth-order valence-electron chi connectivity index (χ4n) is 2.66. The average molecular weight is 318 g/mol. The van der Waals surface area contributed by atoms with Crippen molar-refractivity contribution >= 4 is 5.91 Å². The van der Waals surface area contributed by atoms with Crippen molar-refractivity contribution in [3.63, 3.8) is 0 Å². The Bertz CT molecular complexity index is 557. The largest absolute Gasteiger partial charge is 0.416 e. The van der Waals surface area contributed by atoms with Gasteiger partial charge in [-0.15, -0.1) is 0 Å². The van der Waals surface area contributed by atoms with Crippen LogP contribution in [-0.4, -0.2) is 29.9 Å². The zero-order valence-corrected chi connectivity index (χ0v) is 12.2. The Labute approximate surface area is 126 Å². The van der Waals surface area contributed by atoms with Gasteiger partial charge in [0.15, 0.2) is 0 Å². The highest BCUT2D eigenvalue weighted by Crippen LogP contribution is 2.31. The first kappa shape index (κ1) is 16.7. The number of nitrogens with two attached hydrogens (primary N) is 1. The lowest BCUT2D eigenvalue weighted by Gasteiger charge is -2.34. The van der Waals surface area contributed by atoms with Gasteiger partial charge in [0.05, 0.1) is 11.1 Å². The smallest absolute Gasteiger partial charge is 0.338 e. The number of halogens is 4. The van der Waals surface area contributed by atoms with E-state index in [1.54, 1.807) is 0 Å². The molecule has 1 aliphatic heterocycles. The van der Waals surface area contributed by atoms with Gasteiger partial charge in [-0.2, -0.15) is 13.2 Å². The molecule has 3 nitrogen and oxygen atoms in total. The van der Waals surface area contributed by atoms with Crippen LogP contribution < -0.4 is 5.73 Å². The van der Waals surface area contributed by atoms with E-state index in [1.807, 2.05) is 6.92 Å². The zero-order chi connectivity index (χ0) is 16.5. The lowest BCUT2D eigenvalue weighted by molar-refractivity contribution is -0.137. The van der Waals surface area contributed by atoms with Crippen LogP contribution >= 0.6 is 0 Å². The van der Waals surface area contributed by atoms with Gasteiger partial charge in [0.1, 0.15) is 5.82 Å². The Morgan fingerprint density at radius 1 is 1.41 bits per heavy atom. The molecule has 22 heavy (non-hydrogen) atoms. The molecule has 0 spiro atoms. The molecule has 1 aromatic carbocycles. The molecule has 0 aliphatic carbocycles. The second-order valence-electron chi connectivity index (χ2n) is 5.70. The normalized spacial score (nSPS) is 20.8. The molecule has 0 unspecified atom stereocenters. The van der Waals surface area contributed by atoms with Crippen LogP contribution in [0.4, 0.5) is 17.6 Å². The van der Waals surface area contributed by atoms with Crippen LogP contribution in [0.25, 0.3) is 0 Å². The zero-order valence-electron chi connectivity index (χ0n) is 12.2. The Morgan fingerprint density at radius 2 is 2.09 bits per heavy atom. The molecule has 2 atom stereocenters. The third-order valence-corrected chi connectivity index (χ3v) is 4.01. The lowest BCUT2D eigenvalue weighted by Crippen LogP contribution is -2.45. The van der Waals surface area contributed by atoms with Crippen molar-refractivity contribution in [1.82, 2.24) is 4.90 Å². The summed E-state index contributed by atoms with van der Waals surface area (Å²) in [4.78, 5) is 13.7. The second kappa shape index (κ2) is 6.24. The number of alkyl halides is 3. The summed E-state index contributed by atoms with van der Waals surface area (Å²) in [6.07, 6.45) is -3.05. The van der Waals surface area contributed by atoms with E-state index in [0.717, 1.165) is 6.42 Å². The Hall–Kier alpha value is -1.63. The number of hydrogen-bond donors (Lipinski definition) is 1. The number of carbonyl (C=O) groups excluding carboxylic acids is 1. The maximum Gasteiger partial charge on any atom is 0.416 e. The first-order valence-corrected chi connectivity index (χ1v) is 7.11. The fraction of sp³-hybridized carbons (Fsp3) is 0.533. The molecule has 2 N–H and O–H groups in total. The van der Waals surface area contributed by atoms with Gasteiger partial charge in [-0.05, 0) is 43.9 Å². The number of carbonyl (C=O) groups is 1. The summed E-state index contributed by atoms with van der Waals surface area (Å²) in [5, 5.41) is 0. The van der Waals surface area contributed by atoms with Crippen LogP contribution in [-0.2, 0) is 6.18 Å². The van der Waals surface area contributed by atoms with Crippen LogP contribution in [0.2, 0.25) is 0 Å². The monoisotopic (exact) mass is 318 g/mol. The van der Waals surface area contributed by atoms with E-state index in [-0.39, 0.29) is 12.0 Å². The van der Waals surface area contributed by atoms with E-state index in [2.05, 4.69) is 0 Å². The molecule has 1 amide bonds. The van der Waals surface area contributed by atoms with Gasteiger partial charge in [0.2, 0.25) is 0 Å². The summed E-state index contributed by atoms with van der Waals surface area (Å²) < 4.78 is 51.9. The predicted octanol–water partition coefficient (Wildman–Crippen LogP) is 3.04. The van der Waals surface area contributed by atoms with Gasteiger partial charge < -0.3 is 10.6 Å². The topological polar surface area (TPSA) is 46.3 Å². The molecule has 7 heteroatoms. The summed E-state index contributed by atoms with van der Waals surface area (Å²) in [5.74, 6) is -1.58. The van der Waals surface area contributed by atoms with E-state index in [1.165, 1.54) is 4.90 Å². The molecule has 0 bridgehead atoms. The van der Waals surface area contributed by atoms with Crippen molar-refractivity contribution in [3.05, 3.63) is 35.1 Å². The highest BCUT2D eigenvalue weighted by molar-refractivity contribution is 5.94. The molecule has 1 heterocycles. The molecule has 1 saturated heterocycles. The minimum absolute atomic E-state index is 0.0755. The minimum Gasteiger partial charge on any atom is -0.338 e. The third-order valence-electron chi connectivity index (χ3n) is 4.01. The Balaban J connectivity index is 2.25. The fourth-order valence-corrected chi connectivity index (χ4v) is 2.66. The second-order valence-corrected chi connectivity index (χ2v) is 5.70. The highest BCUT2D eigenvalue weighted by Gasteiger charge is 2.33. The van der Waals surface area contributed by atoms with Gasteiger partial charge in [-0.3, -0.25) is 4.79 Å². The van der Waals surface area contributed by atoms with Gasteiger partial charge in [0, 0.05) is 19.1 Å². The molecule has 0 aromatic heterocycles. The van der Waals surface area contributed by atoms with Gasteiger partial charge >= 0.3 is 6.18 Å². The number of piperidine rings is 1. The van der Waals surface area contributed by atoms with Crippen molar-refractivity contribution in [1.29, 1.82) is 0 Å². The summed E-state index contributed by atoms with van der Waals surface area (Å²) in [5.41, 5.74) is 4.25. The Morgan fingerprint density at radius 3 is 2.68 bits per heavy atom. The maximum atomic E-state index is 13.8. The van der Waals surface area contributed by atoms with Crippen molar-refractivity contribution in [2.24, 2.45) is 11.7 Å². The van der Waals surface area contributed by atoms with Gasteiger partial charge in [-0.1, -0.05) is 0 Å². The van der Waals surface area contributed by atoms with Crippen LogP contribution in [0.3, 0.4) is 0 Å². The number of hydrogen-bond acceptors (Lipinski definition) is 2. The minimum atomic E-state index is -4.61. The van der Waals surface area contributed by atoms with Crippen molar-refractivity contribution in [2.75, 3.05) is 13.1 Å². The molecule has 122 valence electrons. The molecule has 2 rings (SSSR count). The van der Waals surface area contributed by atoms with Gasteiger partial charge in [-0.25, -0.2) is 4.39 Å². The molecule has 1 aromatic rings. The van der Waals surface area contributed by atoms with E-state index in [4.69, 9.17) is 5.73 Å². The number of rotatable bonds is 2. The SMILES string of the molecule is C[C@@H](N)[C@H]1CCCN(C(=O)c2cc(C(F)(F)F)ccc2F)C1. The van der Waals surface area contributed by atoms with E-state index in [9.17, 15) is 22.4 Å². The van der Waals surface area contributed by atoms with Crippen LogP contribution in [0.5, 0.6) is 0 Å². The standard InChI is InChI=1S/C15H18F4N2O/c1-9(20)10-3-2-6-21(8-10)14(22)12-7-11(15(17,18)19)4-5-13(12)16/h4-5,7,9-10H,2-3,6,8,20H2,1H3/t9-,10+/m1/s1. The van der Waals surface area contributed by atoms with Crippen LogP contribution in [0, 0.1) is 11.7 Å². The Kier molecular flexibility index (Phi) is 4.75. The third kappa shape index (κ3) is 3.58. The number of nitrogens with zero attached hydrogens (tertiary/aromatic N) is 1.